The molecule has 0 fully saturated rings. The van der Waals surface area contributed by atoms with Crippen LogP contribution in [0.2, 0.25) is 5.02 Å². The summed E-state index contributed by atoms with van der Waals surface area (Å²) in [5.74, 6) is -0.317. The summed E-state index contributed by atoms with van der Waals surface area (Å²) in [4.78, 5) is 17.3. The van der Waals surface area contributed by atoms with Gasteiger partial charge in [-0.3, -0.25) is 4.79 Å². The first-order valence-corrected chi connectivity index (χ1v) is 7.54. The van der Waals surface area contributed by atoms with Gasteiger partial charge in [0.1, 0.15) is 10.8 Å². The van der Waals surface area contributed by atoms with Gasteiger partial charge in [0.05, 0.1) is 21.2 Å². The van der Waals surface area contributed by atoms with Gasteiger partial charge in [-0.15, -0.1) is 11.3 Å². The first-order chi connectivity index (χ1) is 9.37. The molecule has 1 aliphatic carbocycles. The Morgan fingerprint density at radius 3 is 2.80 bits per heavy atom. The molecule has 0 spiro atoms. The van der Waals surface area contributed by atoms with Gasteiger partial charge in [0.25, 0.3) is 0 Å². The lowest BCUT2D eigenvalue weighted by atomic mass is 9.78. The van der Waals surface area contributed by atoms with Crippen molar-refractivity contribution in [3.8, 4) is 10.6 Å². The maximum Gasteiger partial charge on any atom is 0.175 e. The van der Waals surface area contributed by atoms with E-state index in [0.29, 0.717) is 26.9 Å². The number of Topliss-reactive ketones (excluding diaryl/α,β-unsaturated/α-hetero) is 1. The summed E-state index contributed by atoms with van der Waals surface area (Å²) in [5.41, 5.74) is 0.971. The first kappa shape index (κ1) is 13.7. The number of hydrogen-bond donors (Lipinski definition) is 0. The molecule has 0 radical (unpaired) electrons. The fourth-order valence-electron chi connectivity index (χ4n) is 2.53. The molecule has 0 N–H and O–H groups in total. The Labute approximate surface area is 125 Å². The Bertz CT molecular complexity index is 688. The highest BCUT2D eigenvalue weighted by atomic mass is 35.5. The summed E-state index contributed by atoms with van der Waals surface area (Å²) in [6.45, 7) is 4.09. The molecule has 0 unspecified atom stereocenters. The summed E-state index contributed by atoms with van der Waals surface area (Å²) >= 11 is 7.30. The Kier molecular flexibility index (Phi) is 3.18. The van der Waals surface area contributed by atoms with E-state index in [9.17, 15) is 9.18 Å². The minimum atomic E-state index is -0.407. The lowest BCUT2D eigenvalue weighted by Gasteiger charge is -2.26. The number of carbonyl (C=O) groups is 1. The van der Waals surface area contributed by atoms with E-state index in [1.54, 1.807) is 12.1 Å². The molecule has 1 heterocycles. The van der Waals surface area contributed by atoms with Crippen LogP contribution >= 0.6 is 22.9 Å². The van der Waals surface area contributed by atoms with E-state index in [1.807, 2.05) is 13.8 Å². The number of fused-ring (bicyclic) bond motifs is 1. The maximum absolute atomic E-state index is 13.9. The minimum Gasteiger partial charge on any atom is -0.293 e. The number of thiazole rings is 1. The van der Waals surface area contributed by atoms with Gasteiger partial charge < -0.3 is 0 Å². The van der Waals surface area contributed by atoms with Gasteiger partial charge in [-0.1, -0.05) is 31.5 Å². The molecule has 0 atom stereocenters. The van der Waals surface area contributed by atoms with Gasteiger partial charge in [-0.2, -0.15) is 0 Å². The fourth-order valence-corrected chi connectivity index (χ4v) is 3.92. The summed E-state index contributed by atoms with van der Waals surface area (Å²) in [5, 5.41) is 0.812. The van der Waals surface area contributed by atoms with E-state index < -0.39 is 5.82 Å². The van der Waals surface area contributed by atoms with Gasteiger partial charge in [-0.25, -0.2) is 9.37 Å². The number of aromatic nitrogens is 1. The predicted octanol–water partition coefficient (Wildman–Crippen LogP) is 4.76. The van der Waals surface area contributed by atoms with Gasteiger partial charge in [-0.05, 0) is 24.0 Å². The van der Waals surface area contributed by atoms with E-state index >= 15 is 0 Å². The molecule has 1 aliphatic rings. The summed E-state index contributed by atoms with van der Waals surface area (Å²) in [6.07, 6.45) is 1.24. The van der Waals surface area contributed by atoms with E-state index in [0.717, 1.165) is 12.1 Å². The molecule has 20 heavy (non-hydrogen) atoms. The zero-order valence-electron chi connectivity index (χ0n) is 11.2. The highest BCUT2D eigenvalue weighted by molar-refractivity contribution is 7.17. The van der Waals surface area contributed by atoms with Crippen molar-refractivity contribution in [2.75, 3.05) is 0 Å². The topological polar surface area (TPSA) is 30.0 Å². The van der Waals surface area contributed by atoms with Crippen LogP contribution in [0.1, 0.15) is 35.6 Å². The normalized spacial score (nSPS) is 17.1. The molecule has 0 aliphatic heterocycles. The van der Waals surface area contributed by atoms with Crippen LogP contribution in [-0.2, 0) is 6.42 Å². The number of halogens is 2. The lowest BCUT2D eigenvalue weighted by molar-refractivity contribution is 0.0916. The van der Waals surface area contributed by atoms with Crippen LogP contribution in [0.25, 0.3) is 10.6 Å². The van der Waals surface area contributed by atoms with Gasteiger partial charge in [0.2, 0.25) is 0 Å². The Balaban J connectivity index is 2.13. The SMILES string of the molecule is CC1(C)CC(=O)c2sc(-c3c(F)cccc3Cl)nc2C1. The molecule has 1 aromatic heterocycles. The molecular weight excluding hydrogens is 297 g/mol. The van der Waals surface area contributed by atoms with E-state index in [4.69, 9.17) is 11.6 Å². The average molecular weight is 310 g/mol. The summed E-state index contributed by atoms with van der Waals surface area (Å²) in [6, 6.07) is 4.54. The third-order valence-electron chi connectivity index (χ3n) is 3.41. The van der Waals surface area contributed by atoms with Gasteiger partial charge in [0.15, 0.2) is 5.78 Å². The van der Waals surface area contributed by atoms with Crippen LogP contribution in [0, 0.1) is 11.2 Å². The van der Waals surface area contributed by atoms with Gasteiger partial charge in [0, 0.05) is 6.42 Å². The van der Waals surface area contributed by atoms with Crippen molar-refractivity contribution < 1.29 is 9.18 Å². The third kappa shape index (κ3) is 2.27. The highest BCUT2D eigenvalue weighted by Crippen LogP contribution is 2.41. The molecule has 0 amide bonds. The van der Waals surface area contributed by atoms with Crippen LogP contribution in [-0.4, -0.2) is 10.8 Å². The van der Waals surface area contributed by atoms with Crippen LogP contribution in [0.3, 0.4) is 0 Å². The molecule has 104 valence electrons. The second-order valence-corrected chi connectivity index (χ2v) is 7.24. The lowest BCUT2D eigenvalue weighted by Crippen LogP contribution is -2.25. The molecule has 0 saturated carbocycles. The van der Waals surface area contributed by atoms with Crippen LogP contribution in [0.4, 0.5) is 4.39 Å². The number of carbonyl (C=O) groups excluding carboxylic acids is 1. The van der Waals surface area contributed by atoms with Crippen molar-refractivity contribution in [2.24, 2.45) is 5.41 Å². The molecule has 1 aromatic carbocycles. The third-order valence-corrected chi connectivity index (χ3v) is 4.88. The van der Waals surface area contributed by atoms with Gasteiger partial charge >= 0.3 is 0 Å². The number of ketones is 1. The molecule has 0 saturated heterocycles. The summed E-state index contributed by atoms with van der Waals surface area (Å²) < 4.78 is 13.9. The maximum atomic E-state index is 13.9. The Hall–Kier alpha value is -1.26. The van der Waals surface area contributed by atoms with Crippen molar-refractivity contribution >= 4 is 28.7 Å². The van der Waals surface area contributed by atoms with E-state index in [-0.39, 0.29) is 11.2 Å². The number of hydrogen-bond acceptors (Lipinski definition) is 3. The highest BCUT2D eigenvalue weighted by Gasteiger charge is 2.34. The second kappa shape index (κ2) is 4.64. The minimum absolute atomic E-state index is 0.0888. The Morgan fingerprint density at radius 1 is 1.35 bits per heavy atom. The zero-order chi connectivity index (χ0) is 14.5. The smallest absolute Gasteiger partial charge is 0.175 e. The standard InChI is InChI=1S/C15H13ClFNOS/c1-15(2)6-10-13(11(19)7-15)20-14(18-10)12-8(16)4-3-5-9(12)17/h3-5H,6-7H2,1-2H3. The van der Waals surface area contributed by atoms with Crippen molar-refractivity contribution in [2.45, 2.75) is 26.7 Å². The molecule has 2 nitrogen and oxygen atoms in total. The fraction of sp³-hybridized carbons (Fsp3) is 0.333. The average Bonchev–Trinajstić information content (AvgIpc) is 2.70. The Morgan fingerprint density at radius 2 is 2.10 bits per heavy atom. The zero-order valence-corrected chi connectivity index (χ0v) is 12.7. The molecule has 3 rings (SSSR count). The van der Waals surface area contributed by atoms with Crippen molar-refractivity contribution in [1.82, 2.24) is 4.98 Å². The van der Waals surface area contributed by atoms with E-state index in [1.165, 1.54) is 17.4 Å². The van der Waals surface area contributed by atoms with Crippen LogP contribution in [0.5, 0.6) is 0 Å². The molecule has 2 aromatic rings. The van der Waals surface area contributed by atoms with Crippen LogP contribution in [0.15, 0.2) is 18.2 Å². The van der Waals surface area contributed by atoms with Crippen molar-refractivity contribution in [3.63, 3.8) is 0 Å². The molecular formula is C15H13ClFNOS. The van der Waals surface area contributed by atoms with Crippen molar-refractivity contribution in [1.29, 1.82) is 0 Å². The molecule has 5 heteroatoms. The summed E-state index contributed by atoms with van der Waals surface area (Å²) in [7, 11) is 0. The number of benzene rings is 1. The first-order valence-electron chi connectivity index (χ1n) is 6.35. The van der Waals surface area contributed by atoms with Crippen molar-refractivity contribution in [3.05, 3.63) is 39.6 Å². The largest absolute Gasteiger partial charge is 0.293 e. The predicted molar refractivity (Wildman–Crippen MR) is 79.0 cm³/mol. The van der Waals surface area contributed by atoms with Crippen LogP contribution < -0.4 is 0 Å². The molecule has 0 bridgehead atoms. The second-order valence-electron chi connectivity index (χ2n) is 5.83. The number of rotatable bonds is 1. The quantitative estimate of drug-likeness (QED) is 0.760. The monoisotopic (exact) mass is 309 g/mol. The van der Waals surface area contributed by atoms with E-state index in [2.05, 4.69) is 4.98 Å². The number of nitrogens with zero attached hydrogens (tertiary/aromatic N) is 1.